The molecule has 0 amide bonds. The van der Waals surface area contributed by atoms with Crippen LogP contribution in [-0.2, 0) is 0 Å². The Kier molecular flexibility index (Phi) is 3.83. The highest BCUT2D eigenvalue weighted by molar-refractivity contribution is 5.93. The van der Waals surface area contributed by atoms with Gasteiger partial charge in [0.1, 0.15) is 25.4 Å². The molecule has 1 N–H and O–H groups in total. The maximum atomic E-state index is 5.71. The van der Waals surface area contributed by atoms with Crippen molar-refractivity contribution < 1.29 is 9.47 Å². The molecule has 0 unspecified atom stereocenters. The number of benzene rings is 3. The number of nitrogens with one attached hydrogen (secondary N) is 1. The van der Waals surface area contributed by atoms with E-state index in [9.17, 15) is 0 Å². The third kappa shape index (κ3) is 3.04. The lowest BCUT2D eigenvalue weighted by atomic mass is 10.1. The highest BCUT2D eigenvalue weighted by Crippen LogP contribution is 2.36. The lowest BCUT2D eigenvalue weighted by Gasteiger charge is -2.19. The van der Waals surface area contributed by atoms with Gasteiger partial charge in [-0.15, -0.1) is 0 Å². The summed E-state index contributed by atoms with van der Waals surface area (Å²) >= 11 is 0. The van der Waals surface area contributed by atoms with E-state index in [0.717, 1.165) is 39.5 Å². The molecule has 27 heavy (non-hydrogen) atoms. The molecule has 2 heterocycles. The Morgan fingerprint density at radius 2 is 1.52 bits per heavy atom. The van der Waals surface area contributed by atoms with Crippen LogP contribution in [0.15, 0.2) is 73.1 Å². The summed E-state index contributed by atoms with van der Waals surface area (Å²) in [6.45, 7) is 1.11. The molecular weight excluding hydrogens is 338 g/mol. The zero-order chi connectivity index (χ0) is 18.1. The van der Waals surface area contributed by atoms with Gasteiger partial charge in [0.05, 0.1) is 5.52 Å². The molecule has 1 aromatic heterocycles. The summed E-state index contributed by atoms with van der Waals surface area (Å²) in [4.78, 5) is 8.80. The molecule has 0 atom stereocenters. The molecule has 0 aliphatic carbocycles. The average molecular weight is 355 g/mol. The maximum Gasteiger partial charge on any atom is 0.163 e. The van der Waals surface area contributed by atoms with Crippen molar-refractivity contribution in [2.75, 3.05) is 18.5 Å². The summed E-state index contributed by atoms with van der Waals surface area (Å²) in [6.07, 6.45) is 1.56. The first-order valence-electron chi connectivity index (χ1n) is 8.84. The topological polar surface area (TPSA) is 56.3 Å². The molecule has 5 rings (SSSR count). The monoisotopic (exact) mass is 355 g/mol. The molecule has 0 saturated heterocycles. The standard InChI is InChI=1S/C22H17N3O2/c1-2-5-15(6-3-1)16-7-4-8-17(11-16)25-22-18-12-20-21(27-10-9-26-20)13-19(18)23-14-24-22/h1-8,11-14H,9-10H2,(H,23,24,25). The van der Waals surface area contributed by atoms with Crippen molar-refractivity contribution in [2.24, 2.45) is 0 Å². The third-order valence-corrected chi connectivity index (χ3v) is 4.53. The predicted molar refractivity (Wildman–Crippen MR) is 106 cm³/mol. The quantitative estimate of drug-likeness (QED) is 0.571. The molecule has 1 aliphatic rings. The Labute approximate surface area is 156 Å². The number of rotatable bonds is 3. The minimum atomic E-state index is 0.550. The summed E-state index contributed by atoms with van der Waals surface area (Å²) in [5.74, 6) is 2.19. The van der Waals surface area contributed by atoms with Crippen molar-refractivity contribution in [3.63, 3.8) is 0 Å². The largest absolute Gasteiger partial charge is 0.486 e. The van der Waals surface area contributed by atoms with Gasteiger partial charge in [-0.2, -0.15) is 0 Å². The Morgan fingerprint density at radius 1 is 0.741 bits per heavy atom. The van der Waals surface area contributed by atoms with Crippen LogP contribution in [0.1, 0.15) is 0 Å². The van der Waals surface area contributed by atoms with Crippen molar-refractivity contribution in [2.45, 2.75) is 0 Å². The molecular formula is C22H17N3O2. The molecule has 4 aromatic rings. The number of ether oxygens (including phenoxy) is 2. The molecule has 0 saturated carbocycles. The van der Waals surface area contributed by atoms with E-state index in [4.69, 9.17) is 9.47 Å². The van der Waals surface area contributed by atoms with Crippen molar-refractivity contribution >= 4 is 22.4 Å². The molecule has 5 heteroatoms. The Hall–Kier alpha value is -3.60. The van der Waals surface area contributed by atoms with Gasteiger partial charge in [0, 0.05) is 17.1 Å². The second kappa shape index (κ2) is 6.61. The van der Waals surface area contributed by atoms with Gasteiger partial charge in [-0.05, 0) is 29.3 Å². The van der Waals surface area contributed by atoms with Crippen LogP contribution in [0.3, 0.4) is 0 Å². The first-order chi connectivity index (χ1) is 13.4. The summed E-state index contributed by atoms with van der Waals surface area (Å²) < 4.78 is 11.4. The first kappa shape index (κ1) is 15.6. The van der Waals surface area contributed by atoms with Crippen molar-refractivity contribution in [1.82, 2.24) is 9.97 Å². The zero-order valence-corrected chi connectivity index (χ0v) is 14.6. The SMILES string of the molecule is c1ccc(-c2cccc(Nc3ncnc4cc5c(cc34)OCCO5)c2)cc1. The molecule has 0 fully saturated rings. The lowest BCUT2D eigenvalue weighted by molar-refractivity contribution is 0.172. The van der Waals surface area contributed by atoms with Crippen LogP contribution in [0.4, 0.5) is 11.5 Å². The van der Waals surface area contributed by atoms with Gasteiger partial charge in [-0.25, -0.2) is 9.97 Å². The highest BCUT2D eigenvalue weighted by atomic mass is 16.6. The van der Waals surface area contributed by atoms with Crippen LogP contribution in [0.25, 0.3) is 22.0 Å². The fourth-order valence-electron chi connectivity index (χ4n) is 3.24. The Morgan fingerprint density at radius 3 is 2.37 bits per heavy atom. The smallest absolute Gasteiger partial charge is 0.163 e. The molecule has 0 radical (unpaired) electrons. The van der Waals surface area contributed by atoms with E-state index < -0.39 is 0 Å². The summed E-state index contributed by atoms with van der Waals surface area (Å²) in [7, 11) is 0. The molecule has 0 bridgehead atoms. The highest BCUT2D eigenvalue weighted by Gasteiger charge is 2.15. The van der Waals surface area contributed by atoms with Crippen LogP contribution in [0.5, 0.6) is 11.5 Å². The van der Waals surface area contributed by atoms with E-state index in [1.54, 1.807) is 6.33 Å². The molecule has 132 valence electrons. The molecule has 5 nitrogen and oxygen atoms in total. The van der Waals surface area contributed by atoms with Gasteiger partial charge in [0.2, 0.25) is 0 Å². The summed E-state index contributed by atoms with van der Waals surface area (Å²) in [6, 6.07) is 22.4. The van der Waals surface area contributed by atoms with E-state index in [0.29, 0.717) is 13.2 Å². The van der Waals surface area contributed by atoms with E-state index in [-0.39, 0.29) is 0 Å². The van der Waals surface area contributed by atoms with E-state index >= 15 is 0 Å². The second-order valence-electron chi connectivity index (χ2n) is 6.31. The number of anilines is 2. The number of hydrogen-bond acceptors (Lipinski definition) is 5. The van der Waals surface area contributed by atoms with Gasteiger partial charge < -0.3 is 14.8 Å². The normalized spacial score (nSPS) is 12.7. The predicted octanol–water partition coefficient (Wildman–Crippen LogP) is 4.81. The van der Waals surface area contributed by atoms with Gasteiger partial charge >= 0.3 is 0 Å². The fraction of sp³-hybridized carbons (Fsp3) is 0.0909. The molecule has 0 spiro atoms. The average Bonchev–Trinajstić information content (AvgIpc) is 2.73. The van der Waals surface area contributed by atoms with Crippen LogP contribution < -0.4 is 14.8 Å². The van der Waals surface area contributed by atoms with Crippen molar-refractivity contribution in [3.8, 4) is 22.6 Å². The van der Waals surface area contributed by atoms with Crippen LogP contribution in [0.2, 0.25) is 0 Å². The number of hydrogen-bond donors (Lipinski definition) is 1. The number of fused-ring (bicyclic) bond motifs is 2. The fourth-order valence-corrected chi connectivity index (χ4v) is 3.24. The second-order valence-corrected chi connectivity index (χ2v) is 6.31. The van der Waals surface area contributed by atoms with E-state index in [1.165, 1.54) is 5.56 Å². The molecule has 1 aliphatic heterocycles. The van der Waals surface area contributed by atoms with Crippen LogP contribution >= 0.6 is 0 Å². The zero-order valence-electron chi connectivity index (χ0n) is 14.6. The minimum Gasteiger partial charge on any atom is -0.486 e. The first-order valence-corrected chi connectivity index (χ1v) is 8.84. The van der Waals surface area contributed by atoms with Gasteiger partial charge in [0.25, 0.3) is 0 Å². The summed E-state index contributed by atoms with van der Waals surface area (Å²) in [5.41, 5.74) is 4.10. The van der Waals surface area contributed by atoms with E-state index in [2.05, 4.69) is 39.6 Å². The van der Waals surface area contributed by atoms with E-state index in [1.807, 2.05) is 42.5 Å². The van der Waals surface area contributed by atoms with Crippen molar-refractivity contribution in [1.29, 1.82) is 0 Å². The molecule has 3 aromatic carbocycles. The van der Waals surface area contributed by atoms with Crippen LogP contribution in [-0.4, -0.2) is 23.2 Å². The minimum absolute atomic E-state index is 0.550. The van der Waals surface area contributed by atoms with Gasteiger partial charge in [-0.3, -0.25) is 0 Å². The number of aromatic nitrogens is 2. The van der Waals surface area contributed by atoms with Crippen LogP contribution in [0, 0.1) is 0 Å². The van der Waals surface area contributed by atoms with Gasteiger partial charge in [-0.1, -0.05) is 42.5 Å². The Bertz CT molecular complexity index is 1110. The number of nitrogens with zero attached hydrogens (tertiary/aromatic N) is 2. The van der Waals surface area contributed by atoms with Gasteiger partial charge in [0.15, 0.2) is 11.5 Å². The summed E-state index contributed by atoms with van der Waals surface area (Å²) in [5, 5.41) is 4.31. The Balaban J connectivity index is 1.53. The van der Waals surface area contributed by atoms with Crippen molar-refractivity contribution in [3.05, 3.63) is 73.1 Å². The maximum absolute atomic E-state index is 5.71. The third-order valence-electron chi connectivity index (χ3n) is 4.53. The lowest BCUT2D eigenvalue weighted by Crippen LogP contribution is -2.15.